The number of hydrogen-bond donors (Lipinski definition) is 0. The van der Waals surface area contributed by atoms with Crippen LogP contribution in [0.4, 0.5) is 5.82 Å². The third-order valence-electron chi connectivity index (χ3n) is 5.38. The summed E-state index contributed by atoms with van der Waals surface area (Å²) < 4.78 is 5.48. The zero-order valence-electron chi connectivity index (χ0n) is 17.4. The van der Waals surface area contributed by atoms with Crippen LogP contribution < -0.4 is 9.64 Å². The molecule has 0 saturated carbocycles. The predicted octanol–water partition coefficient (Wildman–Crippen LogP) is 3.81. The minimum atomic E-state index is 0.102. The van der Waals surface area contributed by atoms with Gasteiger partial charge in [0.2, 0.25) is 0 Å². The summed E-state index contributed by atoms with van der Waals surface area (Å²) in [5, 5.41) is 8.82. The number of piperazine rings is 1. The zero-order valence-corrected chi connectivity index (χ0v) is 17.4. The van der Waals surface area contributed by atoms with E-state index in [-0.39, 0.29) is 5.91 Å². The van der Waals surface area contributed by atoms with E-state index in [1.54, 1.807) is 0 Å². The number of nitrogens with zero attached hydrogens (tertiary/aromatic N) is 4. The summed E-state index contributed by atoms with van der Waals surface area (Å²) >= 11 is 0. The van der Waals surface area contributed by atoms with E-state index in [4.69, 9.17) is 4.74 Å². The van der Waals surface area contributed by atoms with Gasteiger partial charge < -0.3 is 14.5 Å². The van der Waals surface area contributed by atoms with Crippen molar-refractivity contribution in [2.45, 2.75) is 13.8 Å². The Balaban J connectivity index is 1.38. The largest absolute Gasteiger partial charge is 0.494 e. The number of rotatable bonds is 5. The number of ether oxygens (including phenoxy) is 1. The highest BCUT2D eigenvalue weighted by Crippen LogP contribution is 2.22. The van der Waals surface area contributed by atoms with Crippen LogP contribution in [-0.4, -0.2) is 53.8 Å². The molecule has 1 aromatic heterocycles. The van der Waals surface area contributed by atoms with Crippen molar-refractivity contribution in [1.29, 1.82) is 0 Å². The maximum Gasteiger partial charge on any atom is 0.254 e. The fraction of sp³-hybridized carbons (Fsp3) is 0.292. The summed E-state index contributed by atoms with van der Waals surface area (Å²) in [6.45, 7) is 7.44. The fourth-order valence-corrected chi connectivity index (χ4v) is 3.66. The molecule has 1 aliphatic rings. The van der Waals surface area contributed by atoms with Crippen molar-refractivity contribution in [3.05, 3.63) is 71.8 Å². The summed E-state index contributed by atoms with van der Waals surface area (Å²) in [6.07, 6.45) is 0. The minimum absolute atomic E-state index is 0.102. The van der Waals surface area contributed by atoms with E-state index in [9.17, 15) is 4.79 Å². The van der Waals surface area contributed by atoms with Gasteiger partial charge in [0.15, 0.2) is 5.82 Å². The van der Waals surface area contributed by atoms with Gasteiger partial charge in [0.25, 0.3) is 5.91 Å². The highest BCUT2D eigenvalue weighted by atomic mass is 16.5. The van der Waals surface area contributed by atoms with Crippen molar-refractivity contribution < 1.29 is 9.53 Å². The summed E-state index contributed by atoms with van der Waals surface area (Å²) in [6, 6.07) is 19.6. The maximum atomic E-state index is 12.8. The standard InChI is InChI=1S/C24H26N4O2/c1-3-30-20-10-8-19(9-11-20)22-12-13-23(26-25-22)27-14-16-28(17-15-27)24(29)21-7-5-4-6-18(21)2/h4-13H,3,14-17H2,1-2H3. The molecule has 1 fully saturated rings. The molecule has 1 aliphatic heterocycles. The molecule has 2 heterocycles. The first-order valence-corrected chi connectivity index (χ1v) is 10.3. The number of benzene rings is 2. The number of amides is 1. The highest BCUT2D eigenvalue weighted by Gasteiger charge is 2.23. The molecule has 0 atom stereocenters. The lowest BCUT2D eigenvalue weighted by Gasteiger charge is -2.35. The molecule has 0 radical (unpaired) electrons. The number of carbonyl (C=O) groups is 1. The Labute approximate surface area is 177 Å². The lowest BCUT2D eigenvalue weighted by atomic mass is 10.1. The summed E-state index contributed by atoms with van der Waals surface area (Å²) in [5.41, 5.74) is 3.63. The Hall–Kier alpha value is -3.41. The molecule has 1 saturated heterocycles. The fourth-order valence-electron chi connectivity index (χ4n) is 3.66. The van der Waals surface area contributed by atoms with Crippen LogP contribution in [0.15, 0.2) is 60.7 Å². The van der Waals surface area contributed by atoms with Gasteiger partial charge in [0.1, 0.15) is 5.75 Å². The van der Waals surface area contributed by atoms with Crippen molar-refractivity contribution in [3.8, 4) is 17.0 Å². The summed E-state index contributed by atoms with van der Waals surface area (Å²) in [7, 11) is 0. The van der Waals surface area contributed by atoms with Crippen LogP contribution in [0, 0.1) is 6.92 Å². The average Bonchev–Trinajstić information content (AvgIpc) is 2.80. The van der Waals surface area contributed by atoms with Gasteiger partial charge in [0, 0.05) is 37.3 Å². The number of anilines is 1. The van der Waals surface area contributed by atoms with Gasteiger partial charge in [-0.3, -0.25) is 4.79 Å². The van der Waals surface area contributed by atoms with Gasteiger partial charge in [-0.15, -0.1) is 10.2 Å². The smallest absolute Gasteiger partial charge is 0.254 e. The van der Waals surface area contributed by atoms with Crippen LogP contribution in [0.2, 0.25) is 0 Å². The van der Waals surface area contributed by atoms with Crippen molar-refractivity contribution in [2.75, 3.05) is 37.7 Å². The molecule has 0 aliphatic carbocycles. The first-order chi connectivity index (χ1) is 14.7. The molecular formula is C24H26N4O2. The van der Waals surface area contributed by atoms with E-state index in [2.05, 4.69) is 15.1 Å². The molecule has 2 aromatic carbocycles. The first-order valence-electron chi connectivity index (χ1n) is 10.3. The van der Waals surface area contributed by atoms with Crippen molar-refractivity contribution in [1.82, 2.24) is 15.1 Å². The Morgan fingerprint density at radius 1 is 0.933 bits per heavy atom. The molecule has 3 aromatic rings. The number of aryl methyl sites for hydroxylation is 1. The number of carbonyl (C=O) groups excluding carboxylic acids is 1. The molecule has 6 nitrogen and oxygen atoms in total. The van der Waals surface area contributed by atoms with E-state index >= 15 is 0 Å². The van der Waals surface area contributed by atoms with E-state index in [0.717, 1.165) is 47.0 Å². The number of hydrogen-bond acceptors (Lipinski definition) is 5. The van der Waals surface area contributed by atoms with E-state index in [0.29, 0.717) is 19.7 Å². The van der Waals surface area contributed by atoms with Gasteiger partial charge in [-0.05, 0) is 61.9 Å². The lowest BCUT2D eigenvalue weighted by Crippen LogP contribution is -2.49. The topological polar surface area (TPSA) is 58.6 Å². The van der Waals surface area contributed by atoms with Crippen LogP contribution >= 0.6 is 0 Å². The molecule has 6 heteroatoms. The van der Waals surface area contributed by atoms with E-state index in [1.165, 1.54) is 0 Å². The van der Waals surface area contributed by atoms with Crippen LogP contribution in [0.1, 0.15) is 22.8 Å². The molecule has 0 spiro atoms. The van der Waals surface area contributed by atoms with Gasteiger partial charge in [-0.2, -0.15) is 0 Å². The molecule has 30 heavy (non-hydrogen) atoms. The molecule has 0 N–H and O–H groups in total. The Morgan fingerprint density at radius 3 is 2.30 bits per heavy atom. The second-order valence-electron chi connectivity index (χ2n) is 7.33. The zero-order chi connectivity index (χ0) is 20.9. The first kappa shape index (κ1) is 19.9. The van der Waals surface area contributed by atoms with Crippen LogP contribution in [0.5, 0.6) is 5.75 Å². The SMILES string of the molecule is CCOc1ccc(-c2ccc(N3CCN(C(=O)c4ccccc4C)CC3)nn2)cc1. The predicted molar refractivity (Wildman–Crippen MR) is 118 cm³/mol. The lowest BCUT2D eigenvalue weighted by molar-refractivity contribution is 0.0745. The monoisotopic (exact) mass is 402 g/mol. The molecular weight excluding hydrogens is 376 g/mol. The highest BCUT2D eigenvalue weighted by molar-refractivity contribution is 5.95. The second-order valence-corrected chi connectivity index (χ2v) is 7.33. The average molecular weight is 402 g/mol. The third-order valence-corrected chi connectivity index (χ3v) is 5.38. The van der Waals surface area contributed by atoms with Gasteiger partial charge in [0.05, 0.1) is 12.3 Å². The molecule has 0 bridgehead atoms. The van der Waals surface area contributed by atoms with Crippen LogP contribution in [0.25, 0.3) is 11.3 Å². The van der Waals surface area contributed by atoms with Gasteiger partial charge in [-0.25, -0.2) is 0 Å². The van der Waals surface area contributed by atoms with Gasteiger partial charge in [-0.1, -0.05) is 18.2 Å². The quantitative estimate of drug-likeness (QED) is 0.649. The second kappa shape index (κ2) is 8.95. The Kier molecular flexibility index (Phi) is 5.93. The maximum absolute atomic E-state index is 12.8. The van der Waals surface area contributed by atoms with Crippen molar-refractivity contribution in [3.63, 3.8) is 0 Å². The van der Waals surface area contributed by atoms with Crippen molar-refractivity contribution in [2.24, 2.45) is 0 Å². The third kappa shape index (κ3) is 4.27. The Morgan fingerprint density at radius 2 is 1.67 bits per heavy atom. The molecule has 4 rings (SSSR count). The minimum Gasteiger partial charge on any atom is -0.494 e. The normalized spacial score (nSPS) is 13.9. The Bertz CT molecular complexity index is 994. The van der Waals surface area contributed by atoms with E-state index in [1.807, 2.05) is 79.4 Å². The van der Waals surface area contributed by atoms with Gasteiger partial charge >= 0.3 is 0 Å². The summed E-state index contributed by atoms with van der Waals surface area (Å²) in [5.74, 6) is 1.79. The molecule has 1 amide bonds. The van der Waals surface area contributed by atoms with Crippen LogP contribution in [0.3, 0.4) is 0 Å². The van der Waals surface area contributed by atoms with Crippen LogP contribution in [-0.2, 0) is 0 Å². The van der Waals surface area contributed by atoms with E-state index < -0.39 is 0 Å². The number of aromatic nitrogens is 2. The molecule has 0 unspecified atom stereocenters. The van der Waals surface area contributed by atoms with Crippen molar-refractivity contribution >= 4 is 11.7 Å². The summed E-state index contributed by atoms with van der Waals surface area (Å²) in [4.78, 5) is 16.9. The molecule has 154 valence electrons.